The van der Waals surface area contributed by atoms with E-state index in [-0.39, 0.29) is 18.3 Å². The summed E-state index contributed by atoms with van der Waals surface area (Å²) in [6.07, 6.45) is 1.42. The Morgan fingerprint density at radius 3 is 2.38 bits per heavy atom. The molecule has 0 radical (unpaired) electrons. The Labute approximate surface area is 165 Å². The lowest BCUT2D eigenvalue weighted by Crippen LogP contribution is -2.35. The fourth-order valence-electron chi connectivity index (χ4n) is 3.15. The number of aromatic nitrogens is 1. The van der Waals surface area contributed by atoms with Crippen LogP contribution in [-0.4, -0.2) is 32.6 Å². The third-order valence-corrected chi connectivity index (χ3v) is 4.73. The maximum atomic E-state index is 13.1. The second kappa shape index (κ2) is 7.31. The number of urea groups is 1. The van der Waals surface area contributed by atoms with E-state index in [2.05, 4.69) is 4.98 Å². The Morgan fingerprint density at radius 2 is 1.69 bits per heavy atom. The summed E-state index contributed by atoms with van der Waals surface area (Å²) in [4.78, 5) is 43.4. The Morgan fingerprint density at radius 1 is 1.00 bits per heavy atom. The molecule has 1 atom stereocenters. The van der Waals surface area contributed by atoms with Crippen molar-refractivity contribution in [1.29, 1.82) is 0 Å². The molecule has 1 unspecified atom stereocenters. The van der Waals surface area contributed by atoms with Gasteiger partial charge in [0.1, 0.15) is 12.4 Å². The number of hydrogen-bond acceptors (Lipinski definition) is 5. The number of carbonyl (C=O) groups is 3. The van der Waals surface area contributed by atoms with Crippen molar-refractivity contribution in [2.45, 2.75) is 19.5 Å². The monoisotopic (exact) mass is 393 g/mol. The smallest absolute Gasteiger partial charge is 0.335 e. The first-order valence-electron chi connectivity index (χ1n) is 8.90. The third-order valence-electron chi connectivity index (χ3n) is 4.73. The number of halogens is 1. The van der Waals surface area contributed by atoms with Gasteiger partial charge >= 0.3 is 17.8 Å². The first-order chi connectivity index (χ1) is 14.0. The van der Waals surface area contributed by atoms with E-state index in [1.807, 2.05) is 6.07 Å². The molecule has 7 nitrogen and oxygen atoms in total. The van der Waals surface area contributed by atoms with Gasteiger partial charge in [0.2, 0.25) is 5.89 Å². The molecule has 0 aliphatic carbocycles. The van der Waals surface area contributed by atoms with E-state index in [0.29, 0.717) is 11.3 Å². The van der Waals surface area contributed by atoms with Crippen molar-refractivity contribution in [2.75, 3.05) is 0 Å². The number of carbonyl (C=O) groups excluding carboxylic acids is 3. The van der Waals surface area contributed by atoms with Gasteiger partial charge in [-0.15, -0.1) is 0 Å². The minimum Gasteiger partial charge on any atom is -0.439 e. The molecule has 4 rings (SSSR count). The quantitative estimate of drug-likeness (QED) is 0.489. The molecular weight excluding hydrogens is 377 g/mol. The normalized spacial score (nSPS) is 15.3. The number of amides is 4. The molecule has 29 heavy (non-hydrogen) atoms. The molecule has 1 aliphatic rings. The van der Waals surface area contributed by atoms with Crippen LogP contribution in [0.15, 0.2) is 65.2 Å². The third kappa shape index (κ3) is 3.40. The van der Waals surface area contributed by atoms with E-state index in [1.54, 1.807) is 31.2 Å². The van der Waals surface area contributed by atoms with Crippen molar-refractivity contribution < 1.29 is 23.2 Å². The van der Waals surface area contributed by atoms with E-state index in [0.717, 1.165) is 15.4 Å². The highest BCUT2D eigenvalue weighted by atomic mass is 19.1. The standard InChI is InChI=1S/C21H16FN3O4/c1-13(14-5-3-2-4-6-14)25-20(27)19(26)24(21(25)28)12-18-23-11-17(29-18)15-7-9-16(22)10-8-15/h2-11,13H,12H2,1H3. The predicted octanol–water partition coefficient (Wildman–Crippen LogP) is 3.53. The van der Waals surface area contributed by atoms with Crippen LogP contribution >= 0.6 is 0 Å². The van der Waals surface area contributed by atoms with Gasteiger partial charge in [0, 0.05) is 5.56 Å². The minimum absolute atomic E-state index is 0.0908. The first kappa shape index (κ1) is 18.5. The van der Waals surface area contributed by atoms with E-state index in [4.69, 9.17) is 4.42 Å². The summed E-state index contributed by atoms with van der Waals surface area (Å²) >= 11 is 0. The molecule has 0 bridgehead atoms. The second-order valence-electron chi connectivity index (χ2n) is 6.56. The maximum absolute atomic E-state index is 13.1. The van der Waals surface area contributed by atoms with Crippen molar-refractivity contribution in [1.82, 2.24) is 14.8 Å². The van der Waals surface area contributed by atoms with Crippen LogP contribution in [0.2, 0.25) is 0 Å². The van der Waals surface area contributed by atoms with E-state index < -0.39 is 23.9 Å². The number of imide groups is 2. The largest absolute Gasteiger partial charge is 0.439 e. The van der Waals surface area contributed by atoms with Crippen molar-refractivity contribution in [2.24, 2.45) is 0 Å². The van der Waals surface area contributed by atoms with Gasteiger partial charge in [-0.25, -0.2) is 24.0 Å². The Hall–Kier alpha value is -3.81. The number of oxazole rings is 1. The molecule has 1 aromatic heterocycles. The van der Waals surface area contributed by atoms with Crippen LogP contribution in [0.4, 0.5) is 9.18 Å². The summed E-state index contributed by atoms with van der Waals surface area (Å²) < 4.78 is 18.6. The SMILES string of the molecule is CC(c1ccccc1)N1C(=O)C(=O)N(Cc2ncc(-c3ccc(F)cc3)o2)C1=O. The van der Waals surface area contributed by atoms with Crippen LogP contribution < -0.4 is 0 Å². The fraction of sp³-hybridized carbons (Fsp3) is 0.143. The molecule has 146 valence electrons. The minimum atomic E-state index is -0.931. The number of nitrogens with zero attached hydrogens (tertiary/aromatic N) is 3. The highest BCUT2D eigenvalue weighted by molar-refractivity contribution is 6.44. The Balaban J connectivity index is 1.54. The molecule has 0 N–H and O–H groups in total. The fourth-order valence-corrected chi connectivity index (χ4v) is 3.15. The molecule has 0 saturated carbocycles. The summed E-state index contributed by atoms with van der Waals surface area (Å²) in [5.41, 5.74) is 1.33. The molecule has 2 aromatic carbocycles. The molecule has 1 saturated heterocycles. The molecule has 3 aromatic rings. The zero-order chi connectivity index (χ0) is 20.5. The molecule has 0 spiro atoms. The van der Waals surface area contributed by atoms with Crippen LogP contribution in [0.1, 0.15) is 24.4 Å². The average molecular weight is 393 g/mol. The topological polar surface area (TPSA) is 83.7 Å². The van der Waals surface area contributed by atoms with Gasteiger partial charge in [-0.2, -0.15) is 0 Å². The summed E-state index contributed by atoms with van der Waals surface area (Å²) in [6.45, 7) is 1.41. The molecule has 8 heteroatoms. The molecule has 2 heterocycles. The maximum Gasteiger partial charge on any atom is 0.335 e. The lowest BCUT2D eigenvalue weighted by atomic mass is 10.1. The zero-order valence-corrected chi connectivity index (χ0v) is 15.4. The van der Waals surface area contributed by atoms with Gasteiger partial charge in [0.05, 0.1) is 12.2 Å². The first-order valence-corrected chi connectivity index (χ1v) is 8.90. The van der Waals surface area contributed by atoms with Crippen molar-refractivity contribution in [3.05, 3.63) is 78.1 Å². The van der Waals surface area contributed by atoms with Gasteiger partial charge in [0.25, 0.3) is 0 Å². The number of hydrogen-bond donors (Lipinski definition) is 0. The van der Waals surface area contributed by atoms with Crippen molar-refractivity contribution in [3.63, 3.8) is 0 Å². The highest BCUT2D eigenvalue weighted by Crippen LogP contribution is 2.28. The van der Waals surface area contributed by atoms with Gasteiger partial charge in [0.15, 0.2) is 5.76 Å². The summed E-state index contributed by atoms with van der Waals surface area (Å²) in [7, 11) is 0. The highest BCUT2D eigenvalue weighted by Gasteiger charge is 2.47. The van der Waals surface area contributed by atoms with Gasteiger partial charge in [-0.1, -0.05) is 30.3 Å². The molecule has 1 aliphatic heterocycles. The number of benzene rings is 2. The van der Waals surface area contributed by atoms with Crippen LogP contribution in [0, 0.1) is 5.82 Å². The lowest BCUT2D eigenvalue weighted by molar-refractivity contribution is -0.144. The van der Waals surface area contributed by atoms with Gasteiger partial charge in [-0.3, -0.25) is 9.59 Å². The molecule has 1 fully saturated rings. The van der Waals surface area contributed by atoms with Crippen LogP contribution in [-0.2, 0) is 16.1 Å². The second-order valence-corrected chi connectivity index (χ2v) is 6.56. The van der Waals surface area contributed by atoms with E-state index in [1.165, 1.54) is 30.5 Å². The zero-order valence-electron chi connectivity index (χ0n) is 15.4. The summed E-state index contributed by atoms with van der Waals surface area (Å²) in [5.74, 6) is -1.75. The van der Waals surface area contributed by atoms with Crippen molar-refractivity contribution in [3.8, 4) is 11.3 Å². The Kier molecular flexibility index (Phi) is 4.67. The number of rotatable bonds is 5. The van der Waals surface area contributed by atoms with Crippen molar-refractivity contribution >= 4 is 17.8 Å². The van der Waals surface area contributed by atoms with Crippen LogP contribution in [0.3, 0.4) is 0 Å². The molecule has 4 amide bonds. The van der Waals surface area contributed by atoms with Gasteiger partial charge < -0.3 is 4.42 Å². The van der Waals surface area contributed by atoms with E-state index >= 15 is 0 Å². The Bertz CT molecular complexity index is 1080. The average Bonchev–Trinajstić information content (AvgIpc) is 3.28. The molecular formula is C21H16FN3O4. The van der Waals surface area contributed by atoms with Crippen LogP contribution in [0.5, 0.6) is 0 Å². The van der Waals surface area contributed by atoms with Gasteiger partial charge in [-0.05, 0) is 36.8 Å². The predicted molar refractivity (Wildman–Crippen MR) is 99.5 cm³/mol. The summed E-state index contributed by atoms with van der Waals surface area (Å²) in [5, 5.41) is 0. The van der Waals surface area contributed by atoms with E-state index in [9.17, 15) is 18.8 Å². The van der Waals surface area contributed by atoms with Crippen LogP contribution in [0.25, 0.3) is 11.3 Å². The summed E-state index contributed by atoms with van der Waals surface area (Å²) in [6, 6.07) is 13.3. The lowest BCUT2D eigenvalue weighted by Gasteiger charge is -2.22.